The first-order chi connectivity index (χ1) is 14.8. The van der Waals surface area contributed by atoms with E-state index in [4.69, 9.17) is 0 Å². The second-order valence-electron chi connectivity index (χ2n) is 8.00. The first-order valence-corrected chi connectivity index (χ1v) is 11.8. The molecule has 0 radical (unpaired) electrons. The van der Waals surface area contributed by atoms with Gasteiger partial charge in [-0.05, 0) is 38.0 Å². The highest BCUT2D eigenvalue weighted by molar-refractivity contribution is 7.92. The Kier molecular flexibility index (Phi) is 5.97. The van der Waals surface area contributed by atoms with Crippen LogP contribution in [0.1, 0.15) is 23.4 Å². The molecular formula is C22H28N6O2S. The van der Waals surface area contributed by atoms with Crippen LogP contribution < -0.4 is 10.0 Å². The van der Waals surface area contributed by atoms with E-state index in [9.17, 15) is 8.42 Å². The van der Waals surface area contributed by atoms with Crippen LogP contribution in [-0.4, -0.2) is 47.2 Å². The molecule has 0 spiro atoms. The smallest absolute Gasteiger partial charge is 0.263 e. The van der Waals surface area contributed by atoms with Crippen molar-refractivity contribution < 1.29 is 8.42 Å². The maximum Gasteiger partial charge on any atom is 0.263 e. The molecule has 0 bridgehead atoms. The Labute approximate surface area is 183 Å². The lowest BCUT2D eigenvalue weighted by molar-refractivity contribution is 0.328. The maximum atomic E-state index is 12.8. The largest absolute Gasteiger partial charge is 0.366 e. The van der Waals surface area contributed by atoms with Gasteiger partial charge in [0.05, 0.1) is 17.1 Å². The van der Waals surface area contributed by atoms with E-state index in [0.717, 1.165) is 31.7 Å². The van der Waals surface area contributed by atoms with E-state index in [1.807, 2.05) is 13.0 Å². The number of aromatic nitrogens is 3. The van der Waals surface area contributed by atoms with Gasteiger partial charge in [0.2, 0.25) is 0 Å². The van der Waals surface area contributed by atoms with Gasteiger partial charge in [-0.1, -0.05) is 30.3 Å². The molecular weight excluding hydrogens is 412 g/mol. The third-order valence-corrected chi connectivity index (χ3v) is 7.00. The molecule has 1 aromatic carbocycles. The van der Waals surface area contributed by atoms with E-state index in [0.29, 0.717) is 17.2 Å². The summed E-state index contributed by atoms with van der Waals surface area (Å²) >= 11 is 0. The van der Waals surface area contributed by atoms with Gasteiger partial charge in [-0.25, -0.2) is 13.4 Å². The topological polar surface area (TPSA) is 92.1 Å². The molecule has 0 saturated carbocycles. The zero-order chi connectivity index (χ0) is 22.0. The average Bonchev–Trinajstić information content (AvgIpc) is 3.28. The van der Waals surface area contributed by atoms with Crippen LogP contribution >= 0.6 is 0 Å². The Morgan fingerprint density at radius 1 is 1.13 bits per heavy atom. The molecule has 3 heterocycles. The van der Waals surface area contributed by atoms with Gasteiger partial charge in [0.1, 0.15) is 10.7 Å². The maximum absolute atomic E-state index is 12.8. The lowest BCUT2D eigenvalue weighted by atomic mass is 10.2. The predicted molar refractivity (Wildman–Crippen MR) is 121 cm³/mol. The van der Waals surface area contributed by atoms with E-state index in [-0.39, 0.29) is 10.9 Å². The summed E-state index contributed by atoms with van der Waals surface area (Å²) in [6, 6.07) is 14.0. The van der Waals surface area contributed by atoms with Crippen LogP contribution in [0.25, 0.3) is 0 Å². The molecule has 1 aliphatic heterocycles. The minimum absolute atomic E-state index is 0.123. The molecule has 1 fully saturated rings. The second-order valence-corrected chi connectivity index (χ2v) is 9.69. The van der Waals surface area contributed by atoms with Gasteiger partial charge in [-0.3, -0.25) is 14.3 Å². The van der Waals surface area contributed by atoms with E-state index in [2.05, 4.69) is 49.3 Å². The molecule has 1 aliphatic rings. The van der Waals surface area contributed by atoms with Crippen LogP contribution in [-0.2, 0) is 23.6 Å². The molecule has 2 aromatic heterocycles. The normalized spacial score (nSPS) is 17.1. The van der Waals surface area contributed by atoms with Gasteiger partial charge < -0.3 is 5.32 Å². The number of aryl methyl sites for hydroxylation is 2. The molecule has 8 nitrogen and oxygen atoms in total. The minimum Gasteiger partial charge on any atom is -0.366 e. The molecule has 1 atom stereocenters. The fourth-order valence-corrected chi connectivity index (χ4v) is 5.00. The number of anilines is 2. The van der Waals surface area contributed by atoms with Gasteiger partial charge in [0.15, 0.2) is 0 Å². The quantitative estimate of drug-likeness (QED) is 0.587. The van der Waals surface area contributed by atoms with Crippen molar-refractivity contribution in [1.29, 1.82) is 0 Å². The number of likely N-dealkylation sites (tertiary alicyclic amines) is 1. The van der Waals surface area contributed by atoms with Gasteiger partial charge in [0, 0.05) is 38.9 Å². The van der Waals surface area contributed by atoms with Crippen molar-refractivity contribution in [3.05, 3.63) is 65.6 Å². The van der Waals surface area contributed by atoms with Crippen LogP contribution in [0.3, 0.4) is 0 Å². The Hall–Kier alpha value is -2.91. The van der Waals surface area contributed by atoms with Crippen LogP contribution in [0.2, 0.25) is 0 Å². The van der Waals surface area contributed by atoms with Gasteiger partial charge in [0.25, 0.3) is 10.0 Å². The zero-order valence-corrected chi connectivity index (χ0v) is 18.9. The van der Waals surface area contributed by atoms with Crippen LogP contribution in [0.15, 0.2) is 53.6 Å². The molecule has 1 unspecified atom stereocenters. The van der Waals surface area contributed by atoms with E-state index < -0.39 is 10.0 Å². The number of nitrogens with zero attached hydrogens (tertiary/aromatic N) is 4. The number of benzene rings is 1. The molecule has 9 heteroatoms. The predicted octanol–water partition coefficient (Wildman–Crippen LogP) is 2.92. The summed E-state index contributed by atoms with van der Waals surface area (Å²) in [4.78, 5) is 6.87. The number of nitrogens with one attached hydrogen (secondary N) is 2. The SMILES string of the molecule is Cc1nn(C)c(C)c1NS(=O)(=O)c1ccc(NC2CCN(Cc3ccccc3)C2)nc1. The van der Waals surface area contributed by atoms with Crippen molar-refractivity contribution in [2.24, 2.45) is 7.05 Å². The molecule has 2 N–H and O–H groups in total. The van der Waals surface area contributed by atoms with Crippen LogP contribution in [0.4, 0.5) is 11.5 Å². The fourth-order valence-electron chi connectivity index (χ4n) is 3.88. The Morgan fingerprint density at radius 3 is 2.55 bits per heavy atom. The third-order valence-electron chi connectivity index (χ3n) is 5.67. The van der Waals surface area contributed by atoms with Crippen molar-refractivity contribution in [3.8, 4) is 0 Å². The highest BCUT2D eigenvalue weighted by Crippen LogP contribution is 2.23. The lowest BCUT2D eigenvalue weighted by Crippen LogP contribution is -2.26. The summed E-state index contributed by atoms with van der Waals surface area (Å²) in [5, 5.41) is 7.68. The number of hydrogen-bond acceptors (Lipinski definition) is 6. The molecule has 0 aliphatic carbocycles. The van der Waals surface area contributed by atoms with E-state index in [1.54, 1.807) is 30.8 Å². The summed E-state index contributed by atoms with van der Waals surface area (Å²) in [7, 11) is -1.95. The lowest BCUT2D eigenvalue weighted by Gasteiger charge is -2.17. The number of rotatable bonds is 7. The summed E-state index contributed by atoms with van der Waals surface area (Å²) in [5.41, 5.74) is 3.21. The summed E-state index contributed by atoms with van der Waals surface area (Å²) in [6.07, 6.45) is 2.41. The fraction of sp³-hybridized carbons (Fsp3) is 0.364. The molecule has 4 rings (SSSR count). The van der Waals surface area contributed by atoms with Gasteiger partial charge in [-0.15, -0.1) is 0 Å². The standard InChI is InChI=1S/C22H28N6O2S/c1-16-22(17(2)27(3)25-16)26-31(29,30)20-9-10-21(23-13-20)24-19-11-12-28(15-19)14-18-7-5-4-6-8-18/h4-10,13,19,26H,11-12,14-15H2,1-3H3,(H,23,24). The van der Waals surface area contributed by atoms with Crippen molar-refractivity contribution in [2.45, 2.75) is 37.8 Å². The summed E-state index contributed by atoms with van der Waals surface area (Å²) in [5.74, 6) is 0.680. The van der Waals surface area contributed by atoms with Crippen LogP contribution in [0, 0.1) is 13.8 Å². The average molecular weight is 441 g/mol. The first kappa shape index (κ1) is 21.3. The molecule has 3 aromatic rings. The van der Waals surface area contributed by atoms with Crippen molar-refractivity contribution in [1.82, 2.24) is 19.7 Å². The van der Waals surface area contributed by atoms with Gasteiger partial charge >= 0.3 is 0 Å². The number of sulfonamides is 1. The highest BCUT2D eigenvalue weighted by Gasteiger charge is 2.23. The van der Waals surface area contributed by atoms with Gasteiger partial charge in [-0.2, -0.15) is 5.10 Å². The second kappa shape index (κ2) is 8.68. The molecule has 164 valence electrons. The minimum atomic E-state index is -3.73. The third kappa shape index (κ3) is 4.88. The van der Waals surface area contributed by atoms with E-state index in [1.165, 1.54) is 11.8 Å². The summed E-state index contributed by atoms with van der Waals surface area (Å²) < 4.78 is 29.8. The Morgan fingerprint density at radius 2 is 1.90 bits per heavy atom. The first-order valence-electron chi connectivity index (χ1n) is 10.3. The molecule has 1 saturated heterocycles. The summed E-state index contributed by atoms with van der Waals surface area (Å²) in [6.45, 7) is 6.48. The van der Waals surface area contributed by atoms with E-state index >= 15 is 0 Å². The molecule has 31 heavy (non-hydrogen) atoms. The zero-order valence-electron chi connectivity index (χ0n) is 18.0. The highest BCUT2D eigenvalue weighted by atomic mass is 32.2. The molecule has 0 amide bonds. The van der Waals surface area contributed by atoms with Crippen molar-refractivity contribution >= 4 is 21.5 Å². The number of hydrogen-bond donors (Lipinski definition) is 2. The van der Waals surface area contributed by atoms with Crippen molar-refractivity contribution in [3.63, 3.8) is 0 Å². The number of pyridine rings is 1. The van der Waals surface area contributed by atoms with Crippen LogP contribution in [0.5, 0.6) is 0 Å². The Bertz CT molecular complexity index is 1140. The Balaban J connectivity index is 1.37. The monoisotopic (exact) mass is 440 g/mol. The van der Waals surface area contributed by atoms with Crippen molar-refractivity contribution in [2.75, 3.05) is 23.1 Å².